The number of aryl methyl sites for hydroxylation is 1. The Kier molecular flexibility index (Phi) is 5.28. The molecule has 158 valence electrons. The van der Waals surface area contributed by atoms with E-state index in [9.17, 15) is 13.2 Å². The van der Waals surface area contributed by atoms with Crippen LogP contribution in [0.4, 0.5) is 13.2 Å². The standard InChI is InChI=1S/C22H16F3IN4O/c23-16-4-5-17-13(7-9-31-17)12(16)3-6-18-28-10-15(20-22(26)29-11-30(18)20)14-2-1-8-27-19(14)21(24)25/h1-2,4-5,8,10-11,21H,3,6-7,9H2. The minimum atomic E-state index is -2.71. The predicted octanol–water partition coefficient (Wildman–Crippen LogP) is 5.19. The minimum absolute atomic E-state index is 0.255. The highest BCUT2D eigenvalue weighted by Gasteiger charge is 2.22. The number of nitrogens with zero attached hydrogens (tertiary/aromatic N) is 4. The summed E-state index contributed by atoms with van der Waals surface area (Å²) >= 11 is 2.08. The second-order valence-electron chi connectivity index (χ2n) is 7.18. The average Bonchev–Trinajstić information content (AvgIpc) is 3.40. The maximum Gasteiger partial charge on any atom is 0.280 e. The van der Waals surface area contributed by atoms with Gasteiger partial charge in [-0.1, -0.05) is 6.07 Å². The van der Waals surface area contributed by atoms with Crippen molar-refractivity contribution in [3.63, 3.8) is 0 Å². The number of fused-ring (bicyclic) bond motifs is 2. The van der Waals surface area contributed by atoms with Crippen molar-refractivity contribution in [2.75, 3.05) is 6.61 Å². The highest BCUT2D eigenvalue weighted by molar-refractivity contribution is 14.1. The third kappa shape index (κ3) is 3.54. The fourth-order valence-electron chi connectivity index (χ4n) is 4.05. The summed E-state index contributed by atoms with van der Waals surface area (Å²) in [5.74, 6) is 1.15. The number of rotatable bonds is 5. The average molecular weight is 536 g/mol. The van der Waals surface area contributed by atoms with Gasteiger partial charge < -0.3 is 4.74 Å². The van der Waals surface area contributed by atoms with E-state index in [2.05, 4.69) is 37.5 Å². The van der Waals surface area contributed by atoms with Crippen LogP contribution < -0.4 is 4.74 Å². The molecule has 1 aliphatic heterocycles. The molecule has 5 rings (SSSR count). The minimum Gasteiger partial charge on any atom is -0.493 e. The van der Waals surface area contributed by atoms with Gasteiger partial charge in [-0.15, -0.1) is 0 Å². The number of ether oxygens (including phenoxy) is 1. The van der Waals surface area contributed by atoms with E-state index in [1.54, 1.807) is 35.1 Å². The number of pyridine rings is 1. The van der Waals surface area contributed by atoms with Gasteiger partial charge in [-0.3, -0.25) is 9.38 Å². The predicted molar refractivity (Wildman–Crippen MR) is 117 cm³/mol. The topological polar surface area (TPSA) is 52.3 Å². The zero-order chi connectivity index (χ0) is 21.5. The zero-order valence-electron chi connectivity index (χ0n) is 16.2. The molecule has 1 aromatic carbocycles. The number of imidazole rings is 1. The van der Waals surface area contributed by atoms with Crippen molar-refractivity contribution in [1.29, 1.82) is 0 Å². The number of aromatic nitrogens is 4. The first-order valence-electron chi connectivity index (χ1n) is 9.71. The Morgan fingerprint density at radius 2 is 1.97 bits per heavy atom. The third-order valence-corrected chi connectivity index (χ3v) is 6.26. The molecule has 31 heavy (non-hydrogen) atoms. The molecule has 4 aromatic rings. The summed E-state index contributed by atoms with van der Waals surface area (Å²) in [4.78, 5) is 12.7. The molecule has 5 nitrogen and oxygen atoms in total. The van der Waals surface area contributed by atoms with Crippen LogP contribution in [0.25, 0.3) is 16.6 Å². The molecule has 9 heteroatoms. The summed E-state index contributed by atoms with van der Waals surface area (Å²) in [6.07, 6.45) is 3.44. The van der Waals surface area contributed by atoms with Crippen molar-refractivity contribution >= 4 is 28.1 Å². The van der Waals surface area contributed by atoms with Crippen molar-refractivity contribution in [3.05, 3.63) is 75.1 Å². The van der Waals surface area contributed by atoms with Crippen molar-refractivity contribution in [2.24, 2.45) is 0 Å². The molecule has 1 aliphatic rings. The van der Waals surface area contributed by atoms with E-state index in [0.29, 0.717) is 57.6 Å². The number of halogens is 4. The largest absolute Gasteiger partial charge is 0.493 e. The van der Waals surface area contributed by atoms with Gasteiger partial charge in [-0.25, -0.2) is 23.1 Å². The van der Waals surface area contributed by atoms with Crippen LogP contribution in [0.5, 0.6) is 5.75 Å². The summed E-state index contributed by atoms with van der Waals surface area (Å²) in [5, 5.41) is 0. The fraction of sp³-hybridized carbons (Fsp3) is 0.227. The maximum absolute atomic E-state index is 14.5. The number of hydrogen-bond acceptors (Lipinski definition) is 4. The molecule has 0 saturated carbocycles. The number of hydrogen-bond donors (Lipinski definition) is 0. The Morgan fingerprint density at radius 1 is 1.10 bits per heavy atom. The second-order valence-corrected chi connectivity index (χ2v) is 8.20. The smallest absolute Gasteiger partial charge is 0.280 e. The maximum atomic E-state index is 14.5. The van der Waals surface area contributed by atoms with Crippen LogP contribution in [0.2, 0.25) is 0 Å². The van der Waals surface area contributed by atoms with Crippen LogP contribution in [0, 0.1) is 9.52 Å². The molecule has 4 heterocycles. The Morgan fingerprint density at radius 3 is 2.81 bits per heavy atom. The zero-order valence-corrected chi connectivity index (χ0v) is 18.3. The van der Waals surface area contributed by atoms with E-state index in [-0.39, 0.29) is 11.5 Å². The first-order valence-corrected chi connectivity index (χ1v) is 10.8. The summed E-state index contributed by atoms with van der Waals surface area (Å²) < 4.78 is 49.5. The lowest BCUT2D eigenvalue weighted by Crippen LogP contribution is -2.06. The lowest BCUT2D eigenvalue weighted by Gasteiger charge is -2.13. The molecule has 0 unspecified atom stereocenters. The molecule has 0 bridgehead atoms. The quantitative estimate of drug-likeness (QED) is 0.330. The molecule has 3 aromatic heterocycles. The Labute approximate surface area is 189 Å². The summed E-state index contributed by atoms with van der Waals surface area (Å²) in [6.45, 7) is 0.556. The molecule has 0 aliphatic carbocycles. The van der Waals surface area contributed by atoms with Crippen LogP contribution in [-0.4, -0.2) is 26.0 Å². The summed E-state index contributed by atoms with van der Waals surface area (Å²) in [6, 6.07) is 6.33. The van der Waals surface area contributed by atoms with Crippen LogP contribution in [0.15, 0.2) is 43.0 Å². The van der Waals surface area contributed by atoms with Crippen molar-refractivity contribution in [1.82, 2.24) is 19.4 Å². The van der Waals surface area contributed by atoms with E-state index < -0.39 is 6.43 Å². The van der Waals surface area contributed by atoms with E-state index in [1.807, 2.05) is 0 Å². The van der Waals surface area contributed by atoms with Gasteiger partial charge in [0.2, 0.25) is 0 Å². The van der Waals surface area contributed by atoms with Crippen molar-refractivity contribution in [2.45, 2.75) is 25.7 Å². The highest BCUT2D eigenvalue weighted by Crippen LogP contribution is 2.34. The van der Waals surface area contributed by atoms with Gasteiger partial charge >= 0.3 is 0 Å². The molecule has 0 fully saturated rings. The van der Waals surface area contributed by atoms with E-state index in [4.69, 9.17) is 4.74 Å². The molecular weight excluding hydrogens is 520 g/mol. The summed E-state index contributed by atoms with van der Waals surface area (Å²) in [5.41, 5.74) is 2.79. The third-order valence-electron chi connectivity index (χ3n) is 5.47. The Bertz CT molecular complexity index is 1290. The lowest BCUT2D eigenvalue weighted by atomic mass is 9.99. The van der Waals surface area contributed by atoms with Crippen molar-refractivity contribution in [3.8, 4) is 16.9 Å². The van der Waals surface area contributed by atoms with Gasteiger partial charge in [-0.2, -0.15) is 0 Å². The molecule has 0 spiro atoms. The number of alkyl halides is 2. The van der Waals surface area contributed by atoms with E-state index in [1.165, 1.54) is 12.3 Å². The SMILES string of the molecule is Fc1ccc2c(c1CCc1ncc(-c3cccnc3C(F)F)c3c(I)ncn13)CCO2. The van der Waals surface area contributed by atoms with Crippen molar-refractivity contribution < 1.29 is 17.9 Å². The van der Waals surface area contributed by atoms with Crippen LogP contribution >= 0.6 is 22.6 Å². The summed E-state index contributed by atoms with van der Waals surface area (Å²) in [7, 11) is 0. The van der Waals surface area contributed by atoms with Crippen LogP contribution in [-0.2, 0) is 19.3 Å². The molecular formula is C22H16F3IN4O. The first kappa shape index (κ1) is 20.2. The fourth-order valence-corrected chi connectivity index (χ4v) is 4.72. The number of benzene rings is 1. The van der Waals surface area contributed by atoms with Crippen LogP contribution in [0.3, 0.4) is 0 Å². The van der Waals surface area contributed by atoms with Crippen LogP contribution in [0.1, 0.15) is 29.1 Å². The molecule has 0 amide bonds. The molecule has 0 N–H and O–H groups in total. The molecule has 0 saturated heterocycles. The highest BCUT2D eigenvalue weighted by atomic mass is 127. The lowest BCUT2D eigenvalue weighted by molar-refractivity contribution is 0.147. The first-order chi connectivity index (χ1) is 15.0. The van der Waals surface area contributed by atoms with Gasteiger partial charge in [0.15, 0.2) is 0 Å². The van der Waals surface area contributed by atoms with Gasteiger partial charge in [0.1, 0.15) is 33.1 Å². The van der Waals surface area contributed by atoms with E-state index >= 15 is 0 Å². The monoisotopic (exact) mass is 536 g/mol. The second kappa shape index (κ2) is 8.10. The van der Waals surface area contributed by atoms with Gasteiger partial charge in [0, 0.05) is 41.9 Å². The molecule has 0 radical (unpaired) electrons. The normalized spacial score (nSPS) is 13.1. The Hall–Kier alpha value is -2.69. The molecule has 0 atom stereocenters. The van der Waals surface area contributed by atoms with Gasteiger partial charge in [0.25, 0.3) is 6.43 Å². The van der Waals surface area contributed by atoms with Gasteiger partial charge in [0.05, 0.1) is 12.1 Å². The van der Waals surface area contributed by atoms with Gasteiger partial charge in [-0.05, 0) is 52.8 Å². The Balaban J connectivity index is 1.55. The van der Waals surface area contributed by atoms with E-state index in [0.717, 1.165) is 11.3 Å².